The number of rotatable bonds is 11. The molecule has 3 amide bonds. The smallest absolute Gasteiger partial charge is 0.301 e. The van der Waals surface area contributed by atoms with Gasteiger partial charge in [-0.05, 0) is 90.1 Å². The van der Waals surface area contributed by atoms with Gasteiger partial charge in [0.2, 0.25) is 17.6 Å². The van der Waals surface area contributed by atoms with Crippen LogP contribution in [0, 0.1) is 23.0 Å². The van der Waals surface area contributed by atoms with E-state index in [4.69, 9.17) is 0 Å². The van der Waals surface area contributed by atoms with E-state index in [0.29, 0.717) is 47.6 Å². The second-order valence-electron chi connectivity index (χ2n) is 19.2. The van der Waals surface area contributed by atoms with E-state index in [0.717, 1.165) is 71.7 Å². The number of likely N-dealkylation sites (tertiary alicyclic amines) is 1. The predicted octanol–water partition coefficient (Wildman–Crippen LogP) is 5.92. The number of carbonyl (C=O) groups excluding carboxylic acids is 4. The fraction of sp³-hybridized carbons (Fsp3) is 0.340. The van der Waals surface area contributed by atoms with Gasteiger partial charge in [0.25, 0.3) is 5.91 Å². The van der Waals surface area contributed by atoms with Crippen molar-refractivity contribution in [3.05, 3.63) is 131 Å². The van der Waals surface area contributed by atoms with Crippen molar-refractivity contribution in [1.82, 2.24) is 29.4 Å². The van der Waals surface area contributed by atoms with Crippen LogP contribution >= 0.6 is 0 Å². The van der Waals surface area contributed by atoms with Crippen LogP contribution in [0.3, 0.4) is 0 Å². The third-order valence-corrected chi connectivity index (χ3v) is 16.1. The van der Waals surface area contributed by atoms with Crippen LogP contribution in [0.5, 0.6) is 0 Å². The summed E-state index contributed by atoms with van der Waals surface area (Å²) < 4.78 is 73.3. The molecule has 0 spiro atoms. The number of benzene rings is 3. The molecular weight excluding hydrogens is 912 g/mol. The lowest BCUT2D eigenvalue weighted by molar-refractivity contribution is -0.136. The van der Waals surface area contributed by atoms with Crippen LogP contribution < -0.4 is 19.8 Å². The molecule has 0 aliphatic carbocycles. The van der Waals surface area contributed by atoms with Gasteiger partial charge in [0.1, 0.15) is 23.7 Å². The summed E-state index contributed by atoms with van der Waals surface area (Å²) in [6.07, 6.45) is 8.65. The number of aromatic nitrogens is 2. The molecule has 2 aromatic heterocycles. The van der Waals surface area contributed by atoms with Crippen molar-refractivity contribution in [2.24, 2.45) is 11.3 Å². The highest BCUT2D eigenvalue weighted by molar-refractivity contribution is 7.90. The average Bonchev–Trinajstić information content (AvgIpc) is 4.16. The largest absolute Gasteiger partial charge is 0.371 e. The summed E-state index contributed by atoms with van der Waals surface area (Å²) in [4.78, 5) is 67.2. The SMILES string of the molecule is C[C@@]12CN(CC3=CCN(c4ccc5c(c4)CN([C@H]4CCC(=O)NC4=O)C5=O)C=C3)C[C@@H]1CN(c1ccc(-c3cnc4[nH]cc(C(=O)c5c(F)ccc(NS(=O)(=O)N6CC[C@@H](F)C6)c5F)c4c3)cc1)C2. The van der Waals surface area contributed by atoms with E-state index < -0.39 is 57.0 Å². The number of carbonyl (C=O) groups is 4. The van der Waals surface area contributed by atoms with Gasteiger partial charge in [-0.25, -0.2) is 18.2 Å². The van der Waals surface area contributed by atoms with Crippen molar-refractivity contribution in [2.45, 2.75) is 44.9 Å². The van der Waals surface area contributed by atoms with E-state index in [2.05, 4.69) is 67.4 Å². The number of imide groups is 1. The zero-order chi connectivity index (χ0) is 47.9. The molecule has 4 fully saturated rings. The van der Waals surface area contributed by atoms with E-state index in [-0.39, 0.29) is 48.7 Å². The second kappa shape index (κ2) is 17.0. The Morgan fingerprint density at radius 3 is 2.51 bits per heavy atom. The molecule has 69 heavy (non-hydrogen) atoms. The molecule has 4 saturated heterocycles. The average molecular weight is 960 g/mol. The van der Waals surface area contributed by atoms with Gasteiger partial charge in [0.05, 0.1) is 11.3 Å². The van der Waals surface area contributed by atoms with Crippen LogP contribution in [-0.2, 0) is 26.3 Å². The molecule has 0 unspecified atom stereocenters. The maximum atomic E-state index is 15.8. The molecule has 4 atom stereocenters. The zero-order valence-corrected chi connectivity index (χ0v) is 38.4. The van der Waals surface area contributed by atoms with Gasteiger partial charge in [-0.3, -0.25) is 34.1 Å². The van der Waals surface area contributed by atoms with Crippen molar-refractivity contribution in [3.8, 4) is 11.1 Å². The molecule has 19 heteroatoms. The summed E-state index contributed by atoms with van der Waals surface area (Å²) in [5, 5.41) is 2.69. The van der Waals surface area contributed by atoms with Crippen LogP contribution in [0.2, 0.25) is 0 Å². The van der Waals surface area contributed by atoms with Crippen molar-refractivity contribution >= 4 is 61.8 Å². The maximum absolute atomic E-state index is 15.8. The molecule has 3 aromatic carbocycles. The Morgan fingerprint density at radius 2 is 1.77 bits per heavy atom. The van der Waals surface area contributed by atoms with Crippen LogP contribution in [-0.4, -0.2) is 121 Å². The molecule has 5 aromatic rings. The van der Waals surface area contributed by atoms with E-state index in [1.54, 1.807) is 17.2 Å². The molecule has 0 bridgehead atoms. The first-order valence-electron chi connectivity index (χ1n) is 23.0. The molecule has 6 aliphatic heterocycles. The van der Waals surface area contributed by atoms with E-state index >= 15 is 8.78 Å². The zero-order valence-electron chi connectivity index (χ0n) is 37.6. The van der Waals surface area contributed by atoms with Crippen molar-refractivity contribution < 1.29 is 40.8 Å². The summed E-state index contributed by atoms with van der Waals surface area (Å²) in [5.74, 6) is -4.00. The van der Waals surface area contributed by atoms with E-state index in [9.17, 15) is 32.0 Å². The van der Waals surface area contributed by atoms with Gasteiger partial charge in [0.15, 0.2) is 5.82 Å². The normalized spacial score (nSPS) is 24.1. The number of fused-ring (bicyclic) bond motifs is 3. The van der Waals surface area contributed by atoms with Crippen LogP contribution in [0.4, 0.5) is 30.2 Å². The van der Waals surface area contributed by atoms with Gasteiger partial charge >= 0.3 is 10.2 Å². The number of H-pyrrole nitrogens is 1. The van der Waals surface area contributed by atoms with Gasteiger partial charge in [-0.2, -0.15) is 12.7 Å². The molecule has 8 heterocycles. The summed E-state index contributed by atoms with van der Waals surface area (Å²) in [6.45, 7) is 7.47. The van der Waals surface area contributed by atoms with Crippen LogP contribution in [0.25, 0.3) is 22.2 Å². The number of ketones is 1. The molecule has 0 saturated carbocycles. The van der Waals surface area contributed by atoms with Crippen LogP contribution in [0.15, 0.2) is 97.0 Å². The Kier molecular flexibility index (Phi) is 11.0. The number of anilines is 3. The number of hydrogen-bond donors (Lipinski definition) is 3. The third kappa shape index (κ3) is 8.14. The Balaban J connectivity index is 0.708. The summed E-state index contributed by atoms with van der Waals surface area (Å²) in [7, 11) is -4.36. The Hall–Kier alpha value is -6.83. The van der Waals surface area contributed by atoms with Gasteiger partial charge in [-0.1, -0.05) is 25.1 Å². The Morgan fingerprint density at radius 1 is 0.957 bits per heavy atom. The highest BCUT2D eigenvalue weighted by Gasteiger charge is 2.49. The topological polar surface area (TPSA) is 171 Å². The summed E-state index contributed by atoms with van der Waals surface area (Å²) in [6, 6.07) is 16.7. The lowest BCUT2D eigenvalue weighted by Gasteiger charge is -2.29. The number of piperidine rings is 1. The number of pyridine rings is 1. The van der Waals surface area contributed by atoms with Crippen molar-refractivity contribution in [3.63, 3.8) is 0 Å². The summed E-state index contributed by atoms with van der Waals surface area (Å²) in [5.41, 5.74) is 5.07. The van der Waals surface area contributed by atoms with Gasteiger partial charge < -0.3 is 19.7 Å². The molecule has 356 valence electrons. The second-order valence-corrected chi connectivity index (χ2v) is 20.9. The van der Waals surface area contributed by atoms with E-state index in [1.165, 1.54) is 11.8 Å². The quantitative estimate of drug-likeness (QED) is 0.107. The number of aromatic amines is 1. The standard InChI is InChI=1S/C50H48F3N9O6S/c1-50-27-58(22-29-12-15-59(16-13-29)36-6-7-37-32(18-36)23-62(49(37)66)42-10-11-43(63)56-48(42)65)24-33(50)25-60(28-50)35-4-2-30(3-5-35)31-19-38-39(21-55-47(38)54-20-31)46(64)44-40(52)8-9-41(45(44)53)57-69(67,68)61-17-14-34(51)26-61/h2-9,12-13,15,18-21,33-34,42,57H,10-11,14,16-17,22-28H2,1H3,(H,54,55)(H,56,63,65)/t33-,34-,42+,50+/m1/s1. The third-order valence-electron chi connectivity index (χ3n) is 14.6. The Labute approximate surface area is 395 Å². The first kappa shape index (κ1) is 44.7. The lowest BCUT2D eigenvalue weighted by Crippen LogP contribution is -2.52. The number of amides is 3. The number of nitrogens with zero attached hydrogens (tertiary/aromatic N) is 6. The van der Waals surface area contributed by atoms with Crippen molar-refractivity contribution in [1.29, 1.82) is 0 Å². The predicted molar refractivity (Wildman–Crippen MR) is 252 cm³/mol. The number of alkyl halides is 1. The number of halogens is 3. The van der Waals surface area contributed by atoms with Crippen molar-refractivity contribution in [2.75, 3.05) is 66.9 Å². The molecule has 3 N–H and O–H groups in total. The summed E-state index contributed by atoms with van der Waals surface area (Å²) >= 11 is 0. The lowest BCUT2D eigenvalue weighted by atomic mass is 9.83. The minimum absolute atomic E-state index is 0.00163. The van der Waals surface area contributed by atoms with Crippen LogP contribution in [0.1, 0.15) is 58.0 Å². The monoisotopic (exact) mass is 959 g/mol. The highest BCUT2D eigenvalue weighted by atomic mass is 32.2. The first-order valence-corrected chi connectivity index (χ1v) is 24.5. The Bertz CT molecular complexity index is 3160. The van der Waals surface area contributed by atoms with Gasteiger partial charge in [0, 0.05) is 123 Å². The number of hydrogen-bond acceptors (Lipinski definition) is 10. The first-order chi connectivity index (χ1) is 33.1. The minimum atomic E-state index is -4.36. The molecule has 6 aliphatic rings. The fourth-order valence-electron chi connectivity index (χ4n) is 10.9. The molecule has 15 nitrogen and oxygen atoms in total. The number of nitrogens with one attached hydrogen (secondary N) is 3. The van der Waals surface area contributed by atoms with Gasteiger partial charge in [-0.15, -0.1) is 0 Å². The van der Waals surface area contributed by atoms with E-state index in [1.807, 2.05) is 35.1 Å². The molecular formula is C50H48F3N9O6S. The fourth-order valence-corrected chi connectivity index (χ4v) is 12.2. The molecule has 0 radical (unpaired) electrons. The maximum Gasteiger partial charge on any atom is 0.301 e. The molecule has 11 rings (SSSR count). The minimum Gasteiger partial charge on any atom is -0.371 e. The highest BCUT2D eigenvalue weighted by Crippen LogP contribution is 2.44.